The number of aryl methyl sites for hydroxylation is 1. The molecule has 0 spiro atoms. The molecule has 1 saturated carbocycles. The first-order chi connectivity index (χ1) is 13.3. The highest BCUT2D eigenvalue weighted by atomic mass is 32.2. The number of hydrogen-bond donors (Lipinski definition) is 2. The molecule has 6 nitrogen and oxygen atoms in total. The number of carbonyl (C=O) groups is 1. The van der Waals surface area contributed by atoms with Crippen molar-refractivity contribution in [3.05, 3.63) is 29.8 Å². The largest absolute Gasteiger partial charge is 0.354 e. The maximum absolute atomic E-state index is 12.3. The van der Waals surface area contributed by atoms with E-state index in [-0.39, 0.29) is 22.4 Å². The minimum atomic E-state index is -3.41. The highest BCUT2D eigenvalue weighted by Crippen LogP contribution is 2.22. The topological polar surface area (TPSA) is 78.5 Å². The molecule has 0 bridgehead atoms. The number of carbonyl (C=O) groups excluding carboxylic acids is 1. The molecule has 2 N–H and O–H groups in total. The van der Waals surface area contributed by atoms with Crippen molar-refractivity contribution in [1.82, 2.24) is 14.9 Å². The average molecular weight is 408 g/mol. The van der Waals surface area contributed by atoms with Gasteiger partial charge in [-0.2, -0.15) is 0 Å². The van der Waals surface area contributed by atoms with E-state index in [4.69, 9.17) is 0 Å². The van der Waals surface area contributed by atoms with Crippen molar-refractivity contribution in [2.45, 2.75) is 75.3 Å². The van der Waals surface area contributed by atoms with Crippen molar-refractivity contribution in [1.29, 1.82) is 0 Å². The van der Waals surface area contributed by atoms with Crippen molar-refractivity contribution in [2.75, 3.05) is 19.6 Å². The fraction of sp³-hybridized carbons (Fsp3) is 0.667. The molecule has 2 fully saturated rings. The quantitative estimate of drug-likeness (QED) is 0.659. The third-order valence-corrected chi connectivity index (χ3v) is 7.24. The molecule has 28 heavy (non-hydrogen) atoms. The summed E-state index contributed by atoms with van der Waals surface area (Å²) < 4.78 is 27.1. The van der Waals surface area contributed by atoms with Crippen LogP contribution >= 0.6 is 0 Å². The Morgan fingerprint density at radius 3 is 2.36 bits per heavy atom. The van der Waals surface area contributed by atoms with Crippen molar-refractivity contribution in [3.63, 3.8) is 0 Å². The van der Waals surface area contributed by atoms with Gasteiger partial charge in [-0.05, 0) is 76.7 Å². The van der Waals surface area contributed by atoms with Crippen LogP contribution in [0.2, 0.25) is 0 Å². The zero-order valence-corrected chi connectivity index (χ0v) is 17.9. The lowest BCUT2D eigenvalue weighted by atomic mass is 9.98. The van der Waals surface area contributed by atoms with E-state index >= 15 is 0 Å². The summed E-state index contributed by atoms with van der Waals surface area (Å²) in [5.74, 6) is 0.0391. The fourth-order valence-electron chi connectivity index (χ4n) is 3.60. The third kappa shape index (κ3) is 6.03. The van der Waals surface area contributed by atoms with Gasteiger partial charge in [-0.25, -0.2) is 13.1 Å². The summed E-state index contributed by atoms with van der Waals surface area (Å²) in [6.07, 6.45) is 6.62. The molecule has 1 heterocycles. The van der Waals surface area contributed by atoms with Crippen LogP contribution in [0.1, 0.15) is 57.9 Å². The van der Waals surface area contributed by atoms with Gasteiger partial charge in [-0.1, -0.05) is 18.6 Å². The molecule has 3 rings (SSSR count). The number of nitrogens with one attached hydrogen (secondary N) is 2. The molecule has 7 heteroatoms. The summed E-state index contributed by atoms with van der Waals surface area (Å²) in [7, 11) is -3.41. The van der Waals surface area contributed by atoms with Crippen LogP contribution in [0.25, 0.3) is 0 Å². The molecule has 0 unspecified atom stereocenters. The Bertz CT molecular complexity index is 765. The van der Waals surface area contributed by atoms with Crippen LogP contribution in [0, 0.1) is 0 Å². The van der Waals surface area contributed by atoms with E-state index in [2.05, 4.69) is 28.8 Å². The summed E-state index contributed by atoms with van der Waals surface area (Å²) in [4.78, 5) is 15.0. The number of rotatable bonds is 9. The molecule has 0 atom stereocenters. The van der Waals surface area contributed by atoms with Crippen LogP contribution in [0.4, 0.5) is 0 Å². The molecule has 0 aromatic heterocycles. The SMILES string of the molecule is CC(C)(CNC(=O)CCc1ccc(S(=O)(=O)NC2CC2)cc1)N1CCCCC1. The molecular weight excluding hydrogens is 374 g/mol. The van der Waals surface area contributed by atoms with Gasteiger partial charge in [0, 0.05) is 24.5 Å². The van der Waals surface area contributed by atoms with Gasteiger partial charge in [-0.15, -0.1) is 0 Å². The van der Waals surface area contributed by atoms with E-state index in [0.29, 0.717) is 19.4 Å². The molecular formula is C21H33N3O3S. The van der Waals surface area contributed by atoms with Gasteiger partial charge in [0.1, 0.15) is 0 Å². The minimum absolute atomic E-state index is 0.0271. The van der Waals surface area contributed by atoms with Gasteiger partial charge in [-0.3, -0.25) is 9.69 Å². The first-order valence-electron chi connectivity index (χ1n) is 10.4. The number of benzene rings is 1. The van der Waals surface area contributed by atoms with Gasteiger partial charge in [0.2, 0.25) is 15.9 Å². The molecule has 1 amide bonds. The van der Waals surface area contributed by atoms with Crippen LogP contribution in [-0.4, -0.2) is 50.4 Å². The van der Waals surface area contributed by atoms with Gasteiger partial charge in [0.05, 0.1) is 4.90 Å². The Morgan fingerprint density at radius 2 is 1.75 bits per heavy atom. The second-order valence-electron chi connectivity index (χ2n) is 8.68. The van der Waals surface area contributed by atoms with Crippen LogP contribution in [-0.2, 0) is 21.2 Å². The first kappa shape index (κ1) is 21.3. The minimum Gasteiger partial charge on any atom is -0.354 e. The number of hydrogen-bond acceptors (Lipinski definition) is 4. The van der Waals surface area contributed by atoms with Crippen molar-refractivity contribution in [2.24, 2.45) is 0 Å². The predicted molar refractivity (Wildman–Crippen MR) is 111 cm³/mol. The van der Waals surface area contributed by atoms with Crippen molar-refractivity contribution in [3.8, 4) is 0 Å². The zero-order valence-electron chi connectivity index (χ0n) is 17.0. The molecule has 1 saturated heterocycles. The molecule has 2 aliphatic rings. The summed E-state index contributed by atoms with van der Waals surface area (Å²) in [6, 6.07) is 6.94. The second-order valence-corrected chi connectivity index (χ2v) is 10.4. The molecule has 1 aliphatic heterocycles. The van der Waals surface area contributed by atoms with Crippen LogP contribution in [0.15, 0.2) is 29.2 Å². The van der Waals surface area contributed by atoms with Crippen LogP contribution in [0.5, 0.6) is 0 Å². The van der Waals surface area contributed by atoms with Crippen LogP contribution in [0.3, 0.4) is 0 Å². The number of sulfonamides is 1. The molecule has 156 valence electrons. The van der Waals surface area contributed by atoms with Gasteiger partial charge in [0.15, 0.2) is 0 Å². The van der Waals surface area contributed by atoms with E-state index in [1.54, 1.807) is 24.3 Å². The zero-order chi connectivity index (χ0) is 20.2. The van der Waals surface area contributed by atoms with E-state index in [1.165, 1.54) is 19.3 Å². The van der Waals surface area contributed by atoms with Gasteiger partial charge >= 0.3 is 0 Å². The average Bonchev–Trinajstić information content (AvgIpc) is 3.49. The normalized spacial score (nSPS) is 18.8. The number of piperidine rings is 1. The Labute approximate surface area is 169 Å². The van der Waals surface area contributed by atoms with E-state index in [0.717, 1.165) is 31.5 Å². The van der Waals surface area contributed by atoms with Crippen molar-refractivity contribution >= 4 is 15.9 Å². The van der Waals surface area contributed by atoms with E-state index in [9.17, 15) is 13.2 Å². The molecule has 1 aromatic carbocycles. The third-order valence-electron chi connectivity index (χ3n) is 5.70. The highest BCUT2D eigenvalue weighted by Gasteiger charge is 2.29. The van der Waals surface area contributed by atoms with Crippen molar-refractivity contribution < 1.29 is 13.2 Å². The summed E-state index contributed by atoms with van der Waals surface area (Å²) >= 11 is 0. The first-order valence-corrected chi connectivity index (χ1v) is 11.9. The standard InChI is InChI=1S/C21H33N3O3S/c1-21(2,24-14-4-3-5-15-24)16-22-20(25)13-8-17-6-11-19(12-7-17)28(26,27)23-18-9-10-18/h6-7,11-12,18,23H,3-5,8-10,13-16H2,1-2H3,(H,22,25). The van der Waals surface area contributed by atoms with E-state index < -0.39 is 10.0 Å². The predicted octanol–water partition coefficient (Wildman–Crippen LogP) is 2.44. The Hall–Kier alpha value is -1.44. The van der Waals surface area contributed by atoms with E-state index in [1.807, 2.05) is 0 Å². The Balaban J connectivity index is 1.44. The monoisotopic (exact) mass is 407 g/mol. The van der Waals surface area contributed by atoms with Gasteiger partial charge in [0.25, 0.3) is 0 Å². The summed E-state index contributed by atoms with van der Waals surface area (Å²) in [5, 5.41) is 3.07. The second kappa shape index (κ2) is 8.93. The lowest BCUT2D eigenvalue weighted by molar-refractivity contribution is -0.121. The van der Waals surface area contributed by atoms with Crippen LogP contribution < -0.4 is 10.0 Å². The molecule has 1 aromatic rings. The smallest absolute Gasteiger partial charge is 0.240 e. The fourth-order valence-corrected chi connectivity index (χ4v) is 4.90. The lowest BCUT2D eigenvalue weighted by Crippen LogP contribution is -2.53. The number of amides is 1. The number of nitrogens with zero attached hydrogens (tertiary/aromatic N) is 1. The maximum atomic E-state index is 12.3. The maximum Gasteiger partial charge on any atom is 0.240 e. The lowest BCUT2D eigenvalue weighted by Gasteiger charge is -2.41. The Kier molecular flexibility index (Phi) is 6.78. The molecule has 0 radical (unpaired) electrons. The summed E-state index contributed by atoms with van der Waals surface area (Å²) in [5.41, 5.74) is 0.941. The van der Waals surface area contributed by atoms with Gasteiger partial charge < -0.3 is 5.32 Å². The number of likely N-dealkylation sites (tertiary alicyclic amines) is 1. The highest BCUT2D eigenvalue weighted by molar-refractivity contribution is 7.89. The molecule has 1 aliphatic carbocycles. The summed E-state index contributed by atoms with van der Waals surface area (Å²) in [6.45, 7) is 7.23. The Morgan fingerprint density at radius 1 is 1.11 bits per heavy atom.